The van der Waals surface area contributed by atoms with E-state index >= 15 is 0 Å². The number of carboxylic acid groups (broad SMARTS) is 1. The molecule has 0 aromatic heterocycles. The smallest absolute Gasteiger partial charge is 0.407 e. The molecule has 74 valence electrons. The molecule has 0 bridgehead atoms. The highest BCUT2D eigenvalue weighted by atomic mass is 16.4. The van der Waals surface area contributed by atoms with Crippen LogP contribution in [0.15, 0.2) is 0 Å². The molecule has 0 aromatic carbocycles. The number of hydrogen-bond donors (Lipinski definition) is 2. The van der Waals surface area contributed by atoms with Gasteiger partial charge in [0.05, 0.1) is 0 Å². The highest BCUT2D eigenvalue weighted by Gasteiger charge is 2.27. The molecule has 2 N–H and O–H groups in total. The first-order chi connectivity index (χ1) is 6.25. The summed E-state index contributed by atoms with van der Waals surface area (Å²) >= 11 is 0. The summed E-state index contributed by atoms with van der Waals surface area (Å²) in [4.78, 5) is 12.1. The minimum atomic E-state index is -0.782. The van der Waals surface area contributed by atoms with Gasteiger partial charge in [-0.25, -0.2) is 4.79 Å². The summed E-state index contributed by atoms with van der Waals surface area (Å²) in [5.41, 5.74) is 0. The third-order valence-electron chi connectivity index (χ3n) is 2.85. The Kier molecular flexibility index (Phi) is 2.40. The largest absolute Gasteiger partial charge is 0.465 e. The minimum absolute atomic E-state index is 0.400. The topological polar surface area (TPSA) is 52.6 Å². The molecule has 0 spiro atoms. The van der Waals surface area contributed by atoms with Crippen LogP contribution in [0.4, 0.5) is 4.79 Å². The number of carbonyl (C=O) groups is 1. The Morgan fingerprint density at radius 3 is 2.77 bits per heavy atom. The van der Waals surface area contributed by atoms with Crippen molar-refractivity contribution in [1.82, 2.24) is 10.2 Å². The van der Waals surface area contributed by atoms with Gasteiger partial charge in [-0.3, -0.25) is 0 Å². The van der Waals surface area contributed by atoms with E-state index < -0.39 is 6.09 Å². The van der Waals surface area contributed by atoms with E-state index in [1.165, 1.54) is 17.7 Å². The Hall–Kier alpha value is -0.770. The molecule has 0 radical (unpaired) electrons. The molecule has 1 aliphatic carbocycles. The van der Waals surface area contributed by atoms with Crippen molar-refractivity contribution in [2.45, 2.75) is 25.3 Å². The van der Waals surface area contributed by atoms with Crippen molar-refractivity contribution in [2.24, 2.45) is 5.92 Å². The number of rotatable bonds is 3. The second-order valence-electron chi connectivity index (χ2n) is 4.07. The number of hydrogen-bond acceptors (Lipinski definition) is 2. The molecule has 1 heterocycles. The van der Waals surface area contributed by atoms with Gasteiger partial charge in [-0.05, 0) is 31.7 Å². The molecule has 1 saturated carbocycles. The van der Waals surface area contributed by atoms with Gasteiger partial charge in [-0.1, -0.05) is 0 Å². The Morgan fingerprint density at radius 2 is 2.23 bits per heavy atom. The van der Waals surface area contributed by atoms with Crippen molar-refractivity contribution >= 4 is 6.09 Å². The predicted octanol–water partition coefficient (Wildman–Crippen LogP) is 0.738. The minimum Gasteiger partial charge on any atom is -0.465 e. The monoisotopic (exact) mass is 184 g/mol. The van der Waals surface area contributed by atoms with Crippen LogP contribution in [0.1, 0.15) is 19.3 Å². The van der Waals surface area contributed by atoms with Gasteiger partial charge in [-0.2, -0.15) is 0 Å². The van der Waals surface area contributed by atoms with Crippen LogP contribution in [0.2, 0.25) is 0 Å². The van der Waals surface area contributed by atoms with Crippen LogP contribution in [-0.4, -0.2) is 41.8 Å². The predicted molar refractivity (Wildman–Crippen MR) is 48.7 cm³/mol. The van der Waals surface area contributed by atoms with E-state index in [2.05, 4.69) is 5.32 Å². The first-order valence-corrected chi connectivity index (χ1v) is 4.97. The third-order valence-corrected chi connectivity index (χ3v) is 2.85. The van der Waals surface area contributed by atoms with Gasteiger partial charge in [0.2, 0.25) is 0 Å². The number of nitrogens with one attached hydrogen (secondary N) is 1. The van der Waals surface area contributed by atoms with E-state index in [-0.39, 0.29) is 0 Å². The highest BCUT2D eigenvalue weighted by Crippen LogP contribution is 2.28. The lowest BCUT2D eigenvalue weighted by Gasteiger charge is -2.13. The van der Waals surface area contributed by atoms with Crippen LogP contribution in [0, 0.1) is 5.92 Å². The van der Waals surface area contributed by atoms with Crippen molar-refractivity contribution in [2.75, 3.05) is 19.6 Å². The zero-order valence-electron chi connectivity index (χ0n) is 7.70. The SMILES string of the molecule is O=C(O)N1CCC(NCC2CC2)C1. The summed E-state index contributed by atoms with van der Waals surface area (Å²) in [6.45, 7) is 2.44. The molecule has 1 unspecified atom stereocenters. The van der Waals surface area contributed by atoms with Crippen molar-refractivity contribution < 1.29 is 9.90 Å². The van der Waals surface area contributed by atoms with E-state index in [0.717, 1.165) is 18.9 Å². The van der Waals surface area contributed by atoms with Crippen LogP contribution in [-0.2, 0) is 0 Å². The van der Waals surface area contributed by atoms with Crippen LogP contribution in [0.25, 0.3) is 0 Å². The molecule has 4 nitrogen and oxygen atoms in total. The molecule has 1 aliphatic heterocycles. The second kappa shape index (κ2) is 3.54. The second-order valence-corrected chi connectivity index (χ2v) is 4.07. The van der Waals surface area contributed by atoms with Gasteiger partial charge < -0.3 is 15.3 Å². The Bertz CT molecular complexity index is 204. The summed E-state index contributed by atoms with van der Waals surface area (Å²) in [5, 5.41) is 12.1. The molecule has 1 saturated heterocycles. The summed E-state index contributed by atoms with van der Waals surface area (Å²) < 4.78 is 0. The Labute approximate surface area is 77.9 Å². The van der Waals surface area contributed by atoms with Gasteiger partial charge in [0.25, 0.3) is 0 Å². The summed E-state index contributed by atoms with van der Waals surface area (Å²) in [6, 6.07) is 0.400. The number of nitrogens with zero attached hydrogens (tertiary/aromatic N) is 1. The van der Waals surface area contributed by atoms with Crippen LogP contribution >= 0.6 is 0 Å². The molecular formula is C9H16N2O2. The average molecular weight is 184 g/mol. The van der Waals surface area contributed by atoms with E-state index in [0.29, 0.717) is 19.1 Å². The van der Waals surface area contributed by atoms with Crippen LogP contribution in [0.5, 0.6) is 0 Å². The maximum absolute atomic E-state index is 10.6. The van der Waals surface area contributed by atoms with Crippen molar-refractivity contribution in [3.8, 4) is 0 Å². The van der Waals surface area contributed by atoms with Crippen molar-refractivity contribution in [1.29, 1.82) is 0 Å². The lowest BCUT2D eigenvalue weighted by Crippen LogP contribution is -2.35. The molecule has 13 heavy (non-hydrogen) atoms. The summed E-state index contributed by atoms with van der Waals surface area (Å²) in [6.07, 6.45) is 2.89. The molecule has 1 atom stereocenters. The maximum atomic E-state index is 10.6. The summed E-state index contributed by atoms with van der Waals surface area (Å²) in [5.74, 6) is 0.874. The lowest BCUT2D eigenvalue weighted by molar-refractivity contribution is 0.154. The van der Waals surface area contributed by atoms with Gasteiger partial charge in [-0.15, -0.1) is 0 Å². The first-order valence-electron chi connectivity index (χ1n) is 4.97. The Morgan fingerprint density at radius 1 is 1.46 bits per heavy atom. The first kappa shape index (κ1) is 8.81. The van der Waals surface area contributed by atoms with Crippen molar-refractivity contribution in [3.63, 3.8) is 0 Å². The van der Waals surface area contributed by atoms with Gasteiger partial charge in [0.15, 0.2) is 0 Å². The number of likely N-dealkylation sites (tertiary alicyclic amines) is 1. The zero-order chi connectivity index (χ0) is 9.26. The number of amides is 1. The van der Waals surface area contributed by atoms with Crippen LogP contribution in [0.3, 0.4) is 0 Å². The third kappa shape index (κ3) is 2.34. The standard InChI is InChI=1S/C9H16N2O2/c12-9(13)11-4-3-8(6-11)10-5-7-1-2-7/h7-8,10H,1-6H2,(H,12,13). The highest BCUT2D eigenvalue weighted by molar-refractivity contribution is 5.65. The maximum Gasteiger partial charge on any atom is 0.407 e. The summed E-state index contributed by atoms with van der Waals surface area (Å²) in [7, 11) is 0. The molecule has 2 rings (SSSR count). The van der Waals surface area contributed by atoms with E-state index in [4.69, 9.17) is 5.11 Å². The van der Waals surface area contributed by atoms with Crippen LogP contribution < -0.4 is 5.32 Å². The fourth-order valence-corrected chi connectivity index (χ4v) is 1.76. The fraction of sp³-hybridized carbons (Fsp3) is 0.889. The normalized spacial score (nSPS) is 28.0. The zero-order valence-corrected chi connectivity index (χ0v) is 7.70. The molecule has 4 heteroatoms. The van der Waals surface area contributed by atoms with Gasteiger partial charge in [0.1, 0.15) is 0 Å². The fourth-order valence-electron chi connectivity index (χ4n) is 1.76. The van der Waals surface area contributed by atoms with E-state index in [9.17, 15) is 4.79 Å². The molecule has 2 fully saturated rings. The molecule has 2 aliphatic rings. The van der Waals surface area contributed by atoms with Gasteiger partial charge >= 0.3 is 6.09 Å². The average Bonchev–Trinajstić information content (AvgIpc) is 2.79. The Balaban J connectivity index is 1.67. The molecular weight excluding hydrogens is 168 g/mol. The van der Waals surface area contributed by atoms with Crippen molar-refractivity contribution in [3.05, 3.63) is 0 Å². The van der Waals surface area contributed by atoms with E-state index in [1.807, 2.05) is 0 Å². The lowest BCUT2D eigenvalue weighted by atomic mass is 10.2. The van der Waals surface area contributed by atoms with Gasteiger partial charge in [0, 0.05) is 19.1 Å². The quantitative estimate of drug-likeness (QED) is 0.680. The molecule has 1 amide bonds. The molecule has 0 aromatic rings. The van der Waals surface area contributed by atoms with E-state index in [1.54, 1.807) is 0 Å².